The fourth-order valence-electron chi connectivity index (χ4n) is 5.77. The maximum Gasteiger partial charge on any atom is 0.0487 e. The monoisotopic (exact) mass is 242 g/mol. The predicted molar refractivity (Wildman–Crippen MR) is 72.3 cm³/mol. The van der Waals surface area contributed by atoms with Gasteiger partial charge < -0.3 is 5.11 Å². The average Bonchev–Trinajstić information content (AvgIpc) is 2.38. The Hall–Kier alpha value is -0.820. The van der Waals surface area contributed by atoms with Crippen LogP contribution in [0, 0.1) is 17.3 Å². The Morgan fingerprint density at radius 1 is 1.00 bits per heavy atom. The van der Waals surface area contributed by atoms with E-state index in [-0.39, 0.29) is 5.41 Å². The van der Waals surface area contributed by atoms with Gasteiger partial charge in [0.2, 0.25) is 0 Å². The first-order valence-electron chi connectivity index (χ1n) is 7.40. The lowest BCUT2D eigenvalue weighted by atomic mass is 9.43. The van der Waals surface area contributed by atoms with E-state index in [1.165, 1.54) is 44.1 Å². The summed E-state index contributed by atoms with van der Waals surface area (Å²) >= 11 is 0. The van der Waals surface area contributed by atoms with Crippen molar-refractivity contribution in [3.8, 4) is 0 Å². The van der Waals surface area contributed by atoms with Crippen LogP contribution in [0.4, 0.5) is 0 Å². The molecular formula is C17H22O. The quantitative estimate of drug-likeness (QED) is 0.841. The lowest BCUT2D eigenvalue weighted by Crippen LogP contribution is -2.55. The zero-order chi connectivity index (χ0) is 12.2. The van der Waals surface area contributed by atoms with Gasteiger partial charge in [0, 0.05) is 6.61 Å². The van der Waals surface area contributed by atoms with E-state index in [9.17, 15) is 5.11 Å². The molecule has 1 N–H and O–H groups in total. The summed E-state index contributed by atoms with van der Waals surface area (Å²) in [4.78, 5) is 0. The van der Waals surface area contributed by atoms with E-state index in [1.807, 2.05) is 0 Å². The smallest absolute Gasteiger partial charge is 0.0487 e. The molecule has 4 saturated carbocycles. The molecule has 1 aromatic rings. The van der Waals surface area contributed by atoms with Crippen molar-refractivity contribution in [2.45, 2.75) is 43.9 Å². The van der Waals surface area contributed by atoms with E-state index >= 15 is 0 Å². The van der Waals surface area contributed by atoms with Crippen molar-refractivity contribution in [1.29, 1.82) is 0 Å². The molecular weight excluding hydrogens is 220 g/mol. The lowest BCUT2D eigenvalue weighted by Gasteiger charge is -2.62. The average molecular weight is 242 g/mol. The highest BCUT2D eigenvalue weighted by atomic mass is 16.3. The second-order valence-electron chi connectivity index (χ2n) is 7.27. The standard InChI is InChI=1S/C17H22O/c18-12-16-7-13-6-14(8-16)10-17(9-13,11-16)15-4-2-1-3-5-15/h1-5,13-14,18H,6-12H2. The van der Waals surface area contributed by atoms with Gasteiger partial charge in [0.1, 0.15) is 0 Å². The Balaban J connectivity index is 1.78. The van der Waals surface area contributed by atoms with Gasteiger partial charge in [-0.3, -0.25) is 0 Å². The van der Waals surface area contributed by atoms with E-state index in [4.69, 9.17) is 0 Å². The fourth-order valence-corrected chi connectivity index (χ4v) is 5.77. The third kappa shape index (κ3) is 1.43. The highest BCUT2D eigenvalue weighted by Gasteiger charge is 2.57. The highest BCUT2D eigenvalue weighted by molar-refractivity contribution is 5.30. The first-order chi connectivity index (χ1) is 8.74. The zero-order valence-electron chi connectivity index (χ0n) is 10.9. The van der Waals surface area contributed by atoms with E-state index in [2.05, 4.69) is 30.3 Å². The van der Waals surface area contributed by atoms with Crippen LogP contribution in [0.1, 0.15) is 44.1 Å². The molecule has 4 bridgehead atoms. The molecule has 0 spiro atoms. The minimum atomic E-state index is 0.264. The number of aliphatic hydroxyl groups is 1. The van der Waals surface area contributed by atoms with Crippen LogP contribution < -0.4 is 0 Å². The summed E-state index contributed by atoms with van der Waals surface area (Å²) in [6.07, 6.45) is 7.97. The molecule has 96 valence electrons. The normalized spacial score (nSPS) is 45.4. The molecule has 2 atom stereocenters. The van der Waals surface area contributed by atoms with Gasteiger partial charge in [-0.15, -0.1) is 0 Å². The van der Waals surface area contributed by atoms with Gasteiger partial charge >= 0.3 is 0 Å². The van der Waals surface area contributed by atoms with Crippen LogP contribution in [0.5, 0.6) is 0 Å². The summed E-state index contributed by atoms with van der Waals surface area (Å²) in [5.41, 5.74) is 2.20. The van der Waals surface area contributed by atoms with Gasteiger partial charge in [-0.1, -0.05) is 30.3 Å². The molecule has 1 nitrogen and oxygen atoms in total. The molecule has 0 aromatic heterocycles. The van der Waals surface area contributed by atoms with Crippen LogP contribution in [0.2, 0.25) is 0 Å². The summed E-state index contributed by atoms with van der Waals surface area (Å²) in [6, 6.07) is 11.1. The van der Waals surface area contributed by atoms with Crippen LogP contribution in [0.25, 0.3) is 0 Å². The molecule has 0 radical (unpaired) electrons. The summed E-state index contributed by atoms with van der Waals surface area (Å²) in [5.74, 6) is 1.75. The molecule has 0 amide bonds. The maximum atomic E-state index is 9.89. The number of hydrogen-bond donors (Lipinski definition) is 1. The van der Waals surface area contributed by atoms with Crippen molar-refractivity contribution < 1.29 is 5.11 Å². The third-order valence-corrected chi connectivity index (χ3v) is 5.90. The Kier molecular flexibility index (Phi) is 2.21. The molecule has 4 aliphatic carbocycles. The Labute approximate surface area is 109 Å². The van der Waals surface area contributed by atoms with Gasteiger partial charge in [0.15, 0.2) is 0 Å². The minimum absolute atomic E-state index is 0.264. The van der Waals surface area contributed by atoms with Crippen molar-refractivity contribution in [3.63, 3.8) is 0 Å². The van der Waals surface area contributed by atoms with Crippen LogP contribution in [-0.4, -0.2) is 11.7 Å². The van der Waals surface area contributed by atoms with Crippen LogP contribution in [0.3, 0.4) is 0 Å². The summed E-state index contributed by atoms with van der Waals surface area (Å²) in [6.45, 7) is 0.411. The minimum Gasteiger partial charge on any atom is -0.396 e. The Morgan fingerprint density at radius 3 is 2.28 bits per heavy atom. The number of benzene rings is 1. The second-order valence-corrected chi connectivity index (χ2v) is 7.27. The topological polar surface area (TPSA) is 20.2 Å². The van der Waals surface area contributed by atoms with E-state index < -0.39 is 0 Å². The molecule has 5 rings (SSSR count). The van der Waals surface area contributed by atoms with Crippen LogP contribution in [0.15, 0.2) is 30.3 Å². The molecule has 18 heavy (non-hydrogen) atoms. The van der Waals surface area contributed by atoms with Crippen molar-refractivity contribution in [2.24, 2.45) is 17.3 Å². The van der Waals surface area contributed by atoms with Crippen molar-refractivity contribution in [1.82, 2.24) is 0 Å². The molecule has 0 saturated heterocycles. The number of aliphatic hydroxyl groups excluding tert-OH is 1. The number of hydrogen-bond acceptors (Lipinski definition) is 1. The Morgan fingerprint density at radius 2 is 1.67 bits per heavy atom. The molecule has 4 aliphatic rings. The third-order valence-electron chi connectivity index (χ3n) is 5.90. The van der Waals surface area contributed by atoms with Gasteiger partial charge in [-0.2, -0.15) is 0 Å². The summed E-state index contributed by atoms with van der Waals surface area (Å²) in [5, 5.41) is 9.89. The first kappa shape index (κ1) is 11.0. The predicted octanol–water partition coefficient (Wildman–Crippen LogP) is 3.52. The fraction of sp³-hybridized carbons (Fsp3) is 0.647. The van der Waals surface area contributed by atoms with Gasteiger partial charge in [-0.25, -0.2) is 0 Å². The molecule has 2 unspecified atom stereocenters. The van der Waals surface area contributed by atoms with E-state index in [0.29, 0.717) is 12.0 Å². The lowest BCUT2D eigenvalue weighted by molar-refractivity contribution is -0.0960. The zero-order valence-corrected chi connectivity index (χ0v) is 10.9. The maximum absolute atomic E-state index is 9.89. The molecule has 1 aromatic carbocycles. The van der Waals surface area contributed by atoms with Gasteiger partial charge in [0.25, 0.3) is 0 Å². The van der Waals surface area contributed by atoms with Crippen molar-refractivity contribution in [3.05, 3.63) is 35.9 Å². The Bertz CT molecular complexity index is 436. The SMILES string of the molecule is OCC12CC3CC(C1)CC(c1ccccc1)(C3)C2. The van der Waals surface area contributed by atoms with Crippen LogP contribution in [-0.2, 0) is 5.41 Å². The summed E-state index contributed by atoms with van der Waals surface area (Å²) < 4.78 is 0. The largest absolute Gasteiger partial charge is 0.396 e. The van der Waals surface area contributed by atoms with E-state index in [0.717, 1.165) is 11.8 Å². The van der Waals surface area contributed by atoms with Gasteiger partial charge in [0.05, 0.1) is 0 Å². The van der Waals surface area contributed by atoms with Gasteiger partial charge in [-0.05, 0) is 66.8 Å². The first-order valence-corrected chi connectivity index (χ1v) is 7.40. The summed E-state index contributed by atoms with van der Waals surface area (Å²) in [7, 11) is 0. The highest BCUT2D eigenvalue weighted by Crippen LogP contribution is 2.65. The molecule has 0 aliphatic heterocycles. The van der Waals surface area contributed by atoms with E-state index in [1.54, 1.807) is 0 Å². The second kappa shape index (κ2) is 3.60. The van der Waals surface area contributed by atoms with Crippen molar-refractivity contribution >= 4 is 0 Å². The molecule has 1 heteroatoms. The van der Waals surface area contributed by atoms with Crippen LogP contribution >= 0.6 is 0 Å². The molecule has 4 fully saturated rings. The van der Waals surface area contributed by atoms with Crippen molar-refractivity contribution in [2.75, 3.05) is 6.61 Å². The molecule has 0 heterocycles. The number of rotatable bonds is 2.